The Bertz CT molecular complexity index is 2590. The van der Waals surface area contributed by atoms with Gasteiger partial charge in [0, 0.05) is 21.5 Å². The summed E-state index contributed by atoms with van der Waals surface area (Å²) in [5.74, 6) is 0. The number of aromatic nitrogens is 2. The summed E-state index contributed by atoms with van der Waals surface area (Å²) >= 11 is 0. The van der Waals surface area contributed by atoms with Crippen LogP contribution in [0.25, 0.3) is 43.6 Å². The van der Waals surface area contributed by atoms with Crippen molar-refractivity contribution < 1.29 is 0 Å². The molecule has 0 saturated carbocycles. The molecule has 55 heavy (non-hydrogen) atoms. The van der Waals surface area contributed by atoms with Crippen molar-refractivity contribution in [2.45, 2.75) is 5.54 Å². The highest BCUT2D eigenvalue weighted by atomic mass is 15.6. The molecular weight excluding hydrogens is 673 g/mol. The lowest BCUT2D eigenvalue weighted by atomic mass is 9.78. The molecule has 0 bridgehead atoms. The Morgan fingerprint density at radius 1 is 0.291 bits per heavy atom. The monoisotopic (exact) mass is 708 g/mol. The molecule has 10 aromatic rings. The zero-order chi connectivity index (χ0) is 36.9. The van der Waals surface area contributed by atoms with Crippen molar-refractivity contribution in [1.29, 1.82) is 0 Å². The number of hydrogen-bond acceptors (Lipinski definition) is 4. The van der Waals surface area contributed by atoms with E-state index in [9.17, 15) is 0 Å². The molecule has 0 saturated heterocycles. The van der Waals surface area contributed by atoms with Crippen molar-refractivity contribution >= 4 is 49.3 Å². The van der Waals surface area contributed by atoms with Gasteiger partial charge in [0.2, 0.25) is 0 Å². The van der Waals surface area contributed by atoms with Gasteiger partial charge in [-0.15, -0.1) is 0 Å². The number of para-hydroxylation sites is 4. The Morgan fingerprint density at radius 2 is 0.564 bits per heavy atom. The lowest BCUT2D eigenvalue weighted by Gasteiger charge is -2.30. The van der Waals surface area contributed by atoms with E-state index in [1.807, 2.05) is 119 Å². The van der Waals surface area contributed by atoms with Gasteiger partial charge in [0.1, 0.15) is 0 Å². The van der Waals surface area contributed by atoms with Crippen LogP contribution in [0.2, 0.25) is 0 Å². The molecule has 0 aliphatic heterocycles. The first-order valence-electron chi connectivity index (χ1n) is 18.3. The Morgan fingerprint density at radius 3 is 0.891 bits per heavy atom. The summed E-state index contributed by atoms with van der Waals surface area (Å²) in [4.78, 5) is 0. The number of azo groups is 1. The van der Waals surface area contributed by atoms with Gasteiger partial charge in [0.05, 0.1) is 27.8 Å². The maximum Gasteiger partial charge on any atom is 0.157 e. The van der Waals surface area contributed by atoms with E-state index in [1.54, 1.807) is 0 Å². The number of benzene rings is 8. The van der Waals surface area contributed by atoms with E-state index in [1.165, 1.54) is 21.5 Å². The van der Waals surface area contributed by atoms with Crippen LogP contribution in [0.15, 0.2) is 239 Å². The largest absolute Gasteiger partial charge is 0.212 e. The Labute approximate surface area is 318 Å². The summed E-state index contributed by atoms with van der Waals surface area (Å²) in [7, 11) is 0. The quantitative estimate of drug-likeness (QED) is 0.117. The Kier molecular flexibility index (Phi) is 9.04. The van der Waals surface area contributed by atoms with Crippen LogP contribution < -0.4 is 0 Å². The molecule has 2 aromatic heterocycles. The molecule has 0 fully saturated rings. The molecule has 262 valence electrons. The first-order chi connectivity index (χ1) is 27.3. The lowest BCUT2D eigenvalue weighted by Crippen LogP contribution is -2.26. The van der Waals surface area contributed by atoms with Gasteiger partial charge >= 0.3 is 0 Å². The predicted octanol–water partition coefficient (Wildman–Crippen LogP) is 13.3. The van der Waals surface area contributed by atoms with E-state index in [0.29, 0.717) is 0 Å². The second kappa shape index (κ2) is 14.9. The number of fused-ring (bicyclic) bond motifs is 6. The fraction of sp³-hybridized carbons (Fsp3) is 0.0204. The molecule has 6 heteroatoms. The zero-order valence-corrected chi connectivity index (χ0v) is 30.0. The fourth-order valence-corrected chi connectivity index (χ4v) is 7.42. The molecule has 0 N–H and O–H groups in total. The summed E-state index contributed by atoms with van der Waals surface area (Å²) in [5, 5.41) is 23.7. The topological polar surface area (TPSA) is 59.3 Å². The lowest BCUT2D eigenvalue weighted by molar-refractivity contribution is 0.618. The Hall–Kier alpha value is -7.44. The van der Waals surface area contributed by atoms with E-state index in [-0.39, 0.29) is 0 Å². The van der Waals surface area contributed by atoms with Crippen LogP contribution >= 0.6 is 0 Å². The normalized spacial score (nSPS) is 11.9. The van der Waals surface area contributed by atoms with Crippen molar-refractivity contribution in [1.82, 2.24) is 9.35 Å². The minimum Gasteiger partial charge on any atom is -0.212 e. The van der Waals surface area contributed by atoms with E-state index in [0.717, 1.165) is 44.4 Å². The summed E-state index contributed by atoms with van der Waals surface area (Å²) in [6.07, 6.45) is 0. The van der Waals surface area contributed by atoms with E-state index in [2.05, 4.69) is 125 Å². The summed E-state index contributed by atoms with van der Waals surface area (Å²) in [5.41, 5.74) is 7.58. The third kappa shape index (κ3) is 6.26. The molecule has 0 aliphatic carbocycles. The van der Waals surface area contributed by atoms with Crippen LogP contribution in [-0.4, -0.2) is 9.35 Å². The number of hydrogen-bond donors (Lipinski definition) is 0. The minimum atomic E-state index is -0.709. The minimum absolute atomic E-state index is 0.709. The Balaban J connectivity index is 0.000000144. The smallest absolute Gasteiger partial charge is 0.157 e. The molecule has 0 spiro atoms. The molecule has 0 atom stereocenters. The van der Waals surface area contributed by atoms with Crippen molar-refractivity contribution in [3.05, 3.63) is 235 Å². The molecule has 0 amide bonds. The zero-order valence-electron chi connectivity index (χ0n) is 30.0. The van der Waals surface area contributed by atoms with Gasteiger partial charge in [0.15, 0.2) is 5.54 Å². The van der Waals surface area contributed by atoms with E-state index in [4.69, 9.17) is 5.11 Å². The van der Waals surface area contributed by atoms with Crippen molar-refractivity contribution in [2.24, 2.45) is 20.7 Å². The molecule has 0 radical (unpaired) electrons. The maximum atomic E-state index is 4.96. The van der Waals surface area contributed by atoms with E-state index >= 15 is 0 Å². The number of rotatable bonds is 7. The molecule has 2 heterocycles. The highest BCUT2D eigenvalue weighted by molar-refractivity contribution is 6.08. The van der Waals surface area contributed by atoms with Crippen molar-refractivity contribution in [3.63, 3.8) is 0 Å². The van der Waals surface area contributed by atoms with Crippen LogP contribution in [0, 0.1) is 0 Å². The van der Waals surface area contributed by atoms with Crippen LogP contribution in [-0.2, 0) is 5.54 Å². The first kappa shape index (κ1) is 33.4. The van der Waals surface area contributed by atoms with Gasteiger partial charge in [-0.3, -0.25) is 0 Å². The summed E-state index contributed by atoms with van der Waals surface area (Å²) in [6, 6.07) is 74.2. The molecule has 6 nitrogen and oxygen atoms in total. The fourth-order valence-electron chi connectivity index (χ4n) is 7.42. The van der Waals surface area contributed by atoms with Crippen LogP contribution in [0.5, 0.6) is 0 Å². The van der Waals surface area contributed by atoms with Crippen LogP contribution in [0.1, 0.15) is 16.7 Å². The second-order valence-electron chi connectivity index (χ2n) is 13.2. The van der Waals surface area contributed by atoms with Gasteiger partial charge < -0.3 is 0 Å². The van der Waals surface area contributed by atoms with Gasteiger partial charge in [0.25, 0.3) is 0 Å². The van der Waals surface area contributed by atoms with Crippen molar-refractivity contribution in [3.8, 4) is 0 Å². The maximum absolute atomic E-state index is 4.96. The summed E-state index contributed by atoms with van der Waals surface area (Å²) in [6.45, 7) is 0. The summed E-state index contributed by atoms with van der Waals surface area (Å²) < 4.78 is 3.85. The van der Waals surface area contributed by atoms with Gasteiger partial charge in [-0.05, 0) is 63.5 Å². The van der Waals surface area contributed by atoms with Crippen LogP contribution in [0.4, 0.5) is 5.69 Å². The SMILES string of the molecule is c1ccc(N=NC(c2ccccc2)(c2ccccc2)c2ccccc2)cc1.c1ccc2c(c1)c1ccccc1n2N=Nn1c2ccccc2c2ccccc21. The molecule has 8 aromatic carbocycles. The van der Waals surface area contributed by atoms with Crippen LogP contribution in [0.3, 0.4) is 0 Å². The van der Waals surface area contributed by atoms with Gasteiger partial charge in [-0.1, -0.05) is 182 Å². The van der Waals surface area contributed by atoms with E-state index < -0.39 is 5.54 Å². The first-order valence-corrected chi connectivity index (χ1v) is 18.3. The molecule has 0 aliphatic rings. The average Bonchev–Trinajstić information content (AvgIpc) is 3.77. The van der Waals surface area contributed by atoms with Gasteiger partial charge in [-0.2, -0.15) is 10.2 Å². The highest BCUT2D eigenvalue weighted by Gasteiger charge is 2.36. The van der Waals surface area contributed by atoms with Crippen molar-refractivity contribution in [2.75, 3.05) is 0 Å². The molecular formula is C49H36N6. The van der Waals surface area contributed by atoms with Gasteiger partial charge in [-0.25, -0.2) is 9.35 Å². The third-order valence-electron chi connectivity index (χ3n) is 9.97. The highest BCUT2D eigenvalue weighted by Crippen LogP contribution is 2.41. The number of nitrogens with zero attached hydrogens (tertiary/aromatic N) is 6. The second-order valence-corrected chi connectivity index (χ2v) is 13.2. The molecule has 10 rings (SSSR count). The average molecular weight is 709 g/mol. The third-order valence-corrected chi connectivity index (χ3v) is 9.97. The molecule has 0 unspecified atom stereocenters. The predicted molar refractivity (Wildman–Crippen MR) is 225 cm³/mol. The standard InChI is InChI=1S/C25H20N2.C24H16N4/c1-5-13-21(14-6-1)25(22-15-7-2-8-16-22,23-17-9-3-10-18-23)27-26-24-19-11-4-12-20-24;1-5-13-21-17(9-1)18-10-2-6-14-22(18)27(21)25-26-28-23-15-7-3-11-19(23)20-12-4-8-16-24(20)28/h1-20H;1-16H.